The molecule has 3 aromatic rings. The molecule has 0 bridgehead atoms. The lowest BCUT2D eigenvalue weighted by molar-refractivity contribution is 0.142. The molecule has 1 fully saturated rings. The number of aryl methyl sites for hydroxylation is 1. The Morgan fingerprint density at radius 3 is 2.34 bits per heavy atom. The first-order valence-electron chi connectivity index (χ1n) is 10.4. The van der Waals surface area contributed by atoms with Crippen molar-refractivity contribution in [2.45, 2.75) is 12.8 Å². The number of anilines is 1. The molecule has 10 heteroatoms. The average Bonchev–Trinajstić information content (AvgIpc) is 2.84. The number of carbonyl (C=O) groups is 1. The highest BCUT2D eigenvalue weighted by Gasteiger charge is 2.24. The molecule has 32 heavy (non-hydrogen) atoms. The number of piperazine rings is 1. The van der Waals surface area contributed by atoms with Gasteiger partial charge in [-0.2, -0.15) is 0 Å². The van der Waals surface area contributed by atoms with E-state index in [1.165, 1.54) is 4.90 Å². The normalized spacial score (nSPS) is 13.9. The van der Waals surface area contributed by atoms with E-state index in [4.69, 9.17) is 0 Å². The van der Waals surface area contributed by atoms with E-state index in [0.29, 0.717) is 62.0 Å². The van der Waals surface area contributed by atoms with Gasteiger partial charge >= 0.3 is 6.09 Å². The van der Waals surface area contributed by atoms with Crippen LogP contribution in [-0.4, -0.2) is 73.5 Å². The number of carboxylic acid groups (broad SMARTS) is 1. The standard InChI is InChI=1S/C22H24N6O4/c29-14-1-3-17-15-28(18-6-4-16(5-7-18)19-23-8-2-9-24-19)21(30)20(25-17)26-10-12-27(13-11-26)22(31)32/h2,4-9,15,29H,1,3,10-14H2,(H,31,32). The largest absolute Gasteiger partial charge is 0.465 e. The number of aromatic nitrogens is 4. The maximum absolute atomic E-state index is 13.3. The van der Waals surface area contributed by atoms with E-state index in [1.807, 2.05) is 29.2 Å². The molecule has 10 nitrogen and oxygen atoms in total. The van der Waals surface area contributed by atoms with Crippen LogP contribution in [0.3, 0.4) is 0 Å². The summed E-state index contributed by atoms with van der Waals surface area (Å²) in [4.78, 5) is 40.7. The van der Waals surface area contributed by atoms with Gasteiger partial charge in [0.25, 0.3) is 5.56 Å². The highest BCUT2D eigenvalue weighted by Crippen LogP contribution is 2.18. The van der Waals surface area contributed by atoms with Gasteiger partial charge in [0, 0.05) is 62.6 Å². The number of benzene rings is 1. The van der Waals surface area contributed by atoms with Crippen LogP contribution in [0.5, 0.6) is 0 Å². The van der Waals surface area contributed by atoms with Gasteiger partial charge in [-0.3, -0.25) is 9.36 Å². The van der Waals surface area contributed by atoms with Crippen LogP contribution in [0.2, 0.25) is 0 Å². The summed E-state index contributed by atoms with van der Waals surface area (Å²) in [6.07, 6.45) is 5.13. The lowest BCUT2D eigenvalue weighted by Gasteiger charge is -2.33. The molecule has 1 aliphatic rings. The molecule has 1 amide bonds. The van der Waals surface area contributed by atoms with Gasteiger partial charge < -0.3 is 20.0 Å². The Balaban J connectivity index is 1.68. The minimum absolute atomic E-state index is 0.0270. The van der Waals surface area contributed by atoms with E-state index in [9.17, 15) is 19.8 Å². The van der Waals surface area contributed by atoms with Gasteiger partial charge in [0.2, 0.25) is 0 Å². The molecule has 3 heterocycles. The Labute approximate surface area is 184 Å². The predicted octanol–water partition coefficient (Wildman–Crippen LogP) is 1.41. The van der Waals surface area contributed by atoms with Crippen molar-refractivity contribution in [3.8, 4) is 17.1 Å². The van der Waals surface area contributed by atoms with Gasteiger partial charge in [-0.25, -0.2) is 19.7 Å². The fourth-order valence-corrected chi connectivity index (χ4v) is 3.64. The van der Waals surface area contributed by atoms with Crippen LogP contribution in [0.1, 0.15) is 12.1 Å². The molecule has 1 aromatic carbocycles. The number of aliphatic hydroxyl groups excluding tert-OH is 1. The molecule has 0 aliphatic carbocycles. The fraction of sp³-hybridized carbons (Fsp3) is 0.318. The quantitative estimate of drug-likeness (QED) is 0.594. The summed E-state index contributed by atoms with van der Waals surface area (Å²) in [6.45, 7) is 1.43. The van der Waals surface area contributed by atoms with Crippen molar-refractivity contribution in [3.05, 3.63) is 65.0 Å². The molecule has 0 radical (unpaired) electrons. The number of aliphatic hydroxyl groups is 1. The van der Waals surface area contributed by atoms with Crippen molar-refractivity contribution in [2.75, 3.05) is 37.7 Å². The first kappa shape index (κ1) is 21.4. The second-order valence-electron chi connectivity index (χ2n) is 7.43. The number of hydrogen-bond acceptors (Lipinski definition) is 7. The van der Waals surface area contributed by atoms with Crippen LogP contribution in [0.15, 0.2) is 53.7 Å². The van der Waals surface area contributed by atoms with Gasteiger partial charge in [-0.1, -0.05) is 0 Å². The Morgan fingerprint density at radius 1 is 1.03 bits per heavy atom. The third kappa shape index (κ3) is 4.59. The van der Waals surface area contributed by atoms with Crippen molar-refractivity contribution in [3.63, 3.8) is 0 Å². The molecular weight excluding hydrogens is 412 g/mol. The van der Waals surface area contributed by atoms with Crippen molar-refractivity contribution < 1.29 is 15.0 Å². The Bertz CT molecular complexity index is 1130. The Hall–Kier alpha value is -3.79. The molecule has 1 saturated heterocycles. The summed E-state index contributed by atoms with van der Waals surface area (Å²) in [5.74, 6) is 0.891. The SMILES string of the molecule is O=C(O)N1CCN(c2nc(CCCO)cn(-c3ccc(-c4ncccn4)cc3)c2=O)CC1. The minimum atomic E-state index is -0.964. The fourth-order valence-electron chi connectivity index (χ4n) is 3.64. The second kappa shape index (κ2) is 9.56. The maximum atomic E-state index is 13.3. The van der Waals surface area contributed by atoms with Gasteiger partial charge in [0.1, 0.15) is 0 Å². The summed E-state index contributed by atoms with van der Waals surface area (Å²) in [5, 5.41) is 18.4. The molecule has 0 unspecified atom stereocenters. The van der Waals surface area contributed by atoms with Crippen LogP contribution < -0.4 is 10.5 Å². The molecule has 0 spiro atoms. The number of nitrogens with zero attached hydrogens (tertiary/aromatic N) is 6. The molecule has 2 aromatic heterocycles. The zero-order chi connectivity index (χ0) is 22.5. The highest BCUT2D eigenvalue weighted by molar-refractivity contribution is 5.65. The van der Waals surface area contributed by atoms with E-state index in [2.05, 4.69) is 15.0 Å². The molecule has 166 valence electrons. The van der Waals surface area contributed by atoms with E-state index >= 15 is 0 Å². The molecule has 1 aliphatic heterocycles. The Kier molecular flexibility index (Phi) is 6.41. The van der Waals surface area contributed by atoms with E-state index in [-0.39, 0.29) is 12.2 Å². The number of rotatable bonds is 6. The van der Waals surface area contributed by atoms with Gasteiger partial charge in [0.15, 0.2) is 11.6 Å². The van der Waals surface area contributed by atoms with Crippen LogP contribution in [-0.2, 0) is 6.42 Å². The lowest BCUT2D eigenvalue weighted by Crippen LogP contribution is -2.50. The molecule has 0 saturated carbocycles. The monoisotopic (exact) mass is 436 g/mol. The predicted molar refractivity (Wildman–Crippen MR) is 118 cm³/mol. The third-order valence-electron chi connectivity index (χ3n) is 5.35. The second-order valence-corrected chi connectivity index (χ2v) is 7.43. The maximum Gasteiger partial charge on any atom is 0.407 e. The third-order valence-corrected chi connectivity index (χ3v) is 5.35. The van der Waals surface area contributed by atoms with Gasteiger partial charge in [-0.15, -0.1) is 0 Å². The van der Waals surface area contributed by atoms with Crippen LogP contribution in [0.4, 0.5) is 10.6 Å². The summed E-state index contributed by atoms with van der Waals surface area (Å²) in [6, 6.07) is 9.12. The Morgan fingerprint density at radius 2 is 1.72 bits per heavy atom. The van der Waals surface area contributed by atoms with Gasteiger partial charge in [-0.05, 0) is 43.2 Å². The molecule has 4 rings (SSSR count). The van der Waals surface area contributed by atoms with Crippen molar-refractivity contribution in [2.24, 2.45) is 0 Å². The number of hydrogen-bond donors (Lipinski definition) is 2. The van der Waals surface area contributed by atoms with E-state index in [1.54, 1.807) is 29.2 Å². The van der Waals surface area contributed by atoms with Crippen molar-refractivity contribution in [1.82, 2.24) is 24.4 Å². The molecule has 0 atom stereocenters. The molecular formula is C22H24N6O4. The summed E-state index contributed by atoms with van der Waals surface area (Å²) in [5.41, 5.74) is 1.92. The topological polar surface area (TPSA) is 125 Å². The summed E-state index contributed by atoms with van der Waals surface area (Å²) >= 11 is 0. The van der Waals surface area contributed by atoms with Crippen LogP contribution in [0, 0.1) is 0 Å². The highest BCUT2D eigenvalue weighted by atomic mass is 16.4. The zero-order valence-corrected chi connectivity index (χ0v) is 17.5. The van der Waals surface area contributed by atoms with E-state index in [0.717, 1.165) is 5.56 Å². The lowest BCUT2D eigenvalue weighted by atomic mass is 10.2. The average molecular weight is 436 g/mol. The smallest absolute Gasteiger partial charge is 0.407 e. The van der Waals surface area contributed by atoms with Crippen LogP contribution in [0.25, 0.3) is 17.1 Å². The summed E-state index contributed by atoms with van der Waals surface area (Å²) < 4.78 is 1.55. The van der Waals surface area contributed by atoms with Crippen molar-refractivity contribution >= 4 is 11.9 Å². The van der Waals surface area contributed by atoms with Crippen LogP contribution >= 0.6 is 0 Å². The first-order valence-corrected chi connectivity index (χ1v) is 10.4. The molecule has 2 N–H and O–H groups in total. The van der Waals surface area contributed by atoms with Gasteiger partial charge in [0.05, 0.1) is 5.69 Å². The summed E-state index contributed by atoms with van der Waals surface area (Å²) in [7, 11) is 0. The number of amides is 1. The van der Waals surface area contributed by atoms with E-state index < -0.39 is 6.09 Å². The zero-order valence-electron chi connectivity index (χ0n) is 17.5. The van der Waals surface area contributed by atoms with Crippen molar-refractivity contribution in [1.29, 1.82) is 0 Å². The minimum Gasteiger partial charge on any atom is -0.465 e. The first-order chi connectivity index (χ1) is 15.6.